The van der Waals surface area contributed by atoms with Gasteiger partial charge in [-0.05, 0) is 12.1 Å². The predicted octanol–water partition coefficient (Wildman–Crippen LogP) is 1.66. The van der Waals surface area contributed by atoms with Crippen LogP contribution in [0.15, 0.2) is 24.3 Å². The molecule has 2 heterocycles. The maximum absolute atomic E-state index is 5.60. The number of ether oxygens (including phenoxy) is 1. The number of methoxy groups -OCH3 is 1. The number of hydrogen-bond donors (Lipinski definition) is 1. The Kier molecular flexibility index (Phi) is 2.96. The molecule has 19 heavy (non-hydrogen) atoms. The summed E-state index contributed by atoms with van der Waals surface area (Å²) < 4.78 is 6.12. The molecule has 0 aliphatic rings. The normalized spacial score (nSPS) is 10.8. The average Bonchev–Trinajstić information content (AvgIpc) is 2.80. The van der Waals surface area contributed by atoms with E-state index in [1.54, 1.807) is 11.3 Å². The number of rotatable bonds is 3. The van der Waals surface area contributed by atoms with Gasteiger partial charge in [-0.25, -0.2) is 4.98 Å². The third-order valence-electron chi connectivity index (χ3n) is 2.51. The third-order valence-corrected chi connectivity index (χ3v) is 3.54. The van der Waals surface area contributed by atoms with Crippen molar-refractivity contribution in [1.29, 1.82) is 0 Å². The fourth-order valence-corrected chi connectivity index (χ4v) is 2.68. The summed E-state index contributed by atoms with van der Waals surface area (Å²) in [6.07, 6.45) is 0.516. The summed E-state index contributed by atoms with van der Waals surface area (Å²) in [6.45, 7) is 0. The second-order valence-electron chi connectivity index (χ2n) is 3.85. The summed E-state index contributed by atoms with van der Waals surface area (Å²) in [6, 6.07) is 8.21. The lowest BCUT2D eigenvalue weighted by Crippen LogP contribution is -2.05. The molecule has 2 N–H and O–H groups in total. The molecule has 0 unspecified atom stereocenters. The Labute approximate surface area is 113 Å². The van der Waals surface area contributed by atoms with Gasteiger partial charge in [-0.1, -0.05) is 12.1 Å². The lowest BCUT2D eigenvalue weighted by atomic mass is 10.3. The van der Waals surface area contributed by atoms with Gasteiger partial charge in [0.15, 0.2) is 0 Å². The molecule has 3 rings (SSSR count). The lowest BCUT2D eigenvalue weighted by molar-refractivity contribution is 0.377. The smallest absolute Gasteiger partial charge is 0.321 e. The van der Waals surface area contributed by atoms with E-state index in [1.165, 1.54) is 7.11 Å². The topological polar surface area (TPSA) is 86.8 Å². The molecular weight excluding hydrogens is 262 g/mol. The van der Waals surface area contributed by atoms with Gasteiger partial charge in [-0.3, -0.25) is 0 Å². The van der Waals surface area contributed by atoms with Crippen molar-refractivity contribution in [3.63, 3.8) is 0 Å². The maximum atomic E-state index is 5.60. The first-order valence-electron chi connectivity index (χ1n) is 5.63. The molecule has 0 amide bonds. The first-order valence-corrected chi connectivity index (χ1v) is 6.45. The fourth-order valence-electron chi connectivity index (χ4n) is 1.72. The molecule has 0 aliphatic carbocycles. The van der Waals surface area contributed by atoms with Gasteiger partial charge in [0.2, 0.25) is 5.95 Å². The Hall–Kier alpha value is -2.28. The van der Waals surface area contributed by atoms with Crippen LogP contribution in [0.4, 0.5) is 5.95 Å². The number of anilines is 1. The number of fused-ring (bicyclic) bond motifs is 1. The van der Waals surface area contributed by atoms with Crippen molar-refractivity contribution < 1.29 is 4.74 Å². The minimum absolute atomic E-state index is 0.156. The first-order chi connectivity index (χ1) is 9.24. The Morgan fingerprint density at radius 2 is 2.00 bits per heavy atom. The molecule has 0 aliphatic heterocycles. The number of thiazole rings is 1. The van der Waals surface area contributed by atoms with Crippen LogP contribution < -0.4 is 10.5 Å². The predicted molar refractivity (Wildman–Crippen MR) is 73.2 cm³/mol. The number of para-hydroxylation sites is 1. The molecule has 0 fully saturated rings. The van der Waals surface area contributed by atoms with Crippen molar-refractivity contribution in [2.45, 2.75) is 6.42 Å². The summed E-state index contributed by atoms with van der Waals surface area (Å²) in [7, 11) is 1.50. The molecule has 0 bridgehead atoms. The molecule has 7 heteroatoms. The molecular formula is C12H11N5OS. The summed E-state index contributed by atoms with van der Waals surface area (Å²) in [5, 5.41) is 0.939. The van der Waals surface area contributed by atoms with Gasteiger partial charge in [0.25, 0.3) is 0 Å². The maximum Gasteiger partial charge on any atom is 0.321 e. The summed E-state index contributed by atoms with van der Waals surface area (Å²) in [5.74, 6) is 0.714. The molecule has 96 valence electrons. The van der Waals surface area contributed by atoms with Crippen LogP contribution in [-0.4, -0.2) is 27.0 Å². The van der Waals surface area contributed by atoms with Gasteiger partial charge in [-0.15, -0.1) is 11.3 Å². The monoisotopic (exact) mass is 273 g/mol. The van der Waals surface area contributed by atoms with Crippen molar-refractivity contribution in [3.8, 4) is 6.01 Å². The SMILES string of the molecule is COc1nc(N)nc(Cc2nc3ccccc3s2)n1. The Balaban J connectivity index is 1.94. The highest BCUT2D eigenvalue weighted by molar-refractivity contribution is 7.18. The summed E-state index contributed by atoms with van der Waals surface area (Å²) in [4.78, 5) is 16.6. The Morgan fingerprint density at radius 3 is 2.79 bits per heavy atom. The highest BCUT2D eigenvalue weighted by Gasteiger charge is 2.09. The van der Waals surface area contributed by atoms with E-state index in [9.17, 15) is 0 Å². The Bertz CT molecular complexity index is 694. The van der Waals surface area contributed by atoms with Gasteiger partial charge in [-0.2, -0.15) is 15.0 Å². The van der Waals surface area contributed by atoms with Gasteiger partial charge < -0.3 is 10.5 Å². The van der Waals surface area contributed by atoms with Crippen LogP contribution >= 0.6 is 11.3 Å². The third kappa shape index (κ3) is 2.45. The zero-order valence-corrected chi connectivity index (χ0v) is 11.0. The minimum Gasteiger partial charge on any atom is -0.467 e. The van der Waals surface area contributed by atoms with Crippen LogP contribution in [0.25, 0.3) is 10.2 Å². The number of aromatic nitrogens is 4. The van der Waals surface area contributed by atoms with Gasteiger partial charge >= 0.3 is 6.01 Å². The van der Waals surface area contributed by atoms with E-state index < -0.39 is 0 Å². The van der Waals surface area contributed by atoms with Crippen LogP contribution in [0.5, 0.6) is 6.01 Å². The quantitative estimate of drug-likeness (QED) is 0.781. The largest absolute Gasteiger partial charge is 0.467 e. The van der Waals surface area contributed by atoms with E-state index in [0.717, 1.165) is 15.2 Å². The van der Waals surface area contributed by atoms with Crippen LogP contribution in [-0.2, 0) is 6.42 Å². The van der Waals surface area contributed by atoms with E-state index in [4.69, 9.17) is 10.5 Å². The van der Waals surface area contributed by atoms with E-state index in [2.05, 4.69) is 19.9 Å². The summed E-state index contributed by atoms with van der Waals surface area (Å²) in [5.41, 5.74) is 6.59. The van der Waals surface area contributed by atoms with Crippen molar-refractivity contribution in [2.75, 3.05) is 12.8 Å². The van der Waals surface area contributed by atoms with E-state index in [-0.39, 0.29) is 12.0 Å². The molecule has 6 nitrogen and oxygen atoms in total. The highest BCUT2D eigenvalue weighted by Crippen LogP contribution is 2.23. The average molecular weight is 273 g/mol. The zero-order chi connectivity index (χ0) is 13.2. The number of nitrogens with zero attached hydrogens (tertiary/aromatic N) is 4. The van der Waals surface area contributed by atoms with Crippen LogP contribution in [0, 0.1) is 0 Å². The molecule has 0 saturated heterocycles. The molecule has 0 atom stereocenters. The Morgan fingerprint density at radius 1 is 1.16 bits per heavy atom. The van der Waals surface area contributed by atoms with Crippen molar-refractivity contribution in [1.82, 2.24) is 19.9 Å². The number of hydrogen-bond acceptors (Lipinski definition) is 7. The van der Waals surface area contributed by atoms with Gasteiger partial charge in [0.05, 0.1) is 23.7 Å². The molecule has 2 aromatic heterocycles. The number of nitrogens with two attached hydrogens (primary N) is 1. The van der Waals surface area contributed by atoms with E-state index >= 15 is 0 Å². The van der Waals surface area contributed by atoms with E-state index in [0.29, 0.717) is 12.2 Å². The zero-order valence-electron chi connectivity index (χ0n) is 10.2. The van der Waals surface area contributed by atoms with Crippen LogP contribution in [0.1, 0.15) is 10.8 Å². The lowest BCUT2D eigenvalue weighted by Gasteiger charge is -2.01. The van der Waals surface area contributed by atoms with Gasteiger partial charge in [0.1, 0.15) is 10.8 Å². The molecule has 0 saturated carbocycles. The molecule has 0 spiro atoms. The van der Waals surface area contributed by atoms with Crippen LogP contribution in [0.2, 0.25) is 0 Å². The second kappa shape index (κ2) is 4.77. The standard InChI is InChI=1S/C12H11N5OS/c1-18-12-16-9(15-11(13)17-12)6-10-14-7-4-2-3-5-8(7)19-10/h2-5H,6H2,1H3,(H2,13,15,16,17). The fraction of sp³-hybridized carbons (Fsp3) is 0.167. The minimum atomic E-state index is 0.156. The van der Waals surface area contributed by atoms with E-state index in [1.807, 2.05) is 24.3 Å². The summed E-state index contributed by atoms with van der Waals surface area (Å²) >= 11 is 1.62. The first kappa shape index (κ1) is 11.8. The highest BCUT2D eigenvalue weighted by atomic mass is 32.1. The van der Waals surface area contributed by atoms with Crippen molar-refractivity contribution >= 4 is 27.5 Å². The number of benzene rings is 1. The van der Waals surface area contributed by atoms with Crippen molar-refractivity contribution in [2.24, 2.45) is 0 Å². The van der Waals surface area contributed by atoms with Gasteiger partial charge in [0, 0.05) is 0 Å². The molecule has 1 aromatic carbocycles. The van der Waals surface area contributed by atoms with Crippen LogP contribution in [0.3, 0.4) is 0 Å². The molecule has 3 aromatic rings. The molecule has 0 radical (unpaired) electrons. The second-order valence-corrected chi connectivity index (χ2v) is 4.96. The number of nitrogen functional groups attached to an aromatic ring is 1. The van der Waals surface area contributed by atoms with Crippen molar-refractivity contribution in [3.05, 3.63) is 35.1 Å².